The van der Waals surface area contributed by atoms with E-state index < -0.39 is 5.97 Å². The second-order valence-corrected chi connectivity index (χ2v) is 10.3. The number of carbonyl (C=O) groups is 2. The molecule has 6 nitrogen and oxygen atoms in total. The maximum atomic E-state index is 12.8. The van der Waals surface area contributed by atoms with E-state index in [9.17, 15) is 9.59 Å². The van der Waals surface area contributed by atoms with E-state index in [0.29, 0.717) is 33.7 Å². The summed E-state index contributed by atoms with van der Waals surface area (Å²) in [5.41, 5.74) is 0.846. The average molecular weight is 508 g/mol. The Labute approximate surface area is 213 Å². The molecule has 34 heavy (non-hydrogen) atoms. The predicted octanol–water partition coefficient (Wildman–Crippen LogP) is 6.67. The number of benzene rings is 1. The number of rotatable bonds is 16. The third kappa shape index (κ3) is 9.29. The fourth-order valence-electron chi connectivity index (χ4n) is 3.75. The van der Waals surface area contributed by atoms with Crippen LogP contribution in [-0.2, 0) is 9.59 Å². The van der Waals surface area contributed by atoms with Gasteiger partial charge in [0.05, 0.1) is 18.1 Å². The van der Waals surface area contributed by atoms with Gasteiger partial charge in [-0.3, -0.25) is 14.5 Å². The Balaban J connectivity index is 1.94. The van der Waals surface area contributed by atoms with Crippen LogP contribution in [0.25, 0.3) is 6.08 Å². The summed E-state index contributed by atoms with van der Waals surface area (Å²) >= 11 is 6.68. The van der Waals surface area contributed by atoms with Crippen molar-refractivity contribution in [1.82, 2.24) is 4.90 Å². The Hall–Kier alpha value is -2.06. The molecule has 8 heteroatoms. The number of hydrogen-bond acceptors (Lipinski definition) is 6. The minimum absolute atomic E-state index is 0.105. The van der Waals surface area contributed by atoms with Gasteiger partial charge >= 0.3 is 5.97 Å². The normalized spacial score (nSPS) is 15.7. The van der Waals surface area contributed by atoms with Crippen LogP contribution in [-0.4, -0.2) is 46.0 Å². The highest BCUT2D eigenvalue weighted by Crippen LogP contribution is 2.35. The lowest BCUT2D eigenvalue weighted by molar-refractivity contribution is -0.137. The standard InChI is InChI=1S/C26H37NO5S2/c1-4-5-6-7-9-12-19(2)32-21-15-14-20(17-22(21)31-3)18-23-25(30)27(26(33)34-23)16-11-8-10-13-24(28)29/h14-15,17-19H,4-13,16H2,1-3H3,(H,28,29)/b23-18+. The highest BCUT2D eigenvalue weighted by molar-refractivity contribution is 8.26. The van der Waals surface area contributed by atoms with Crippen LogP contribution in [0.4, 0.5) is 0 Å². The number of unbranched alkanes of at least 4 members (excludes halogenated alkanes) is 6. The minimum Gasteiger partial charge on any atom is -0.493 e. The third-order valence-electron chi connectivity index (χ3n) is 5.67. The summed E-state index contributed by atoms with van der Waals surface area (Å²) in [7, 11) is 1.62. The van der Waals surface area contributed by atoms with E-state index in [-0.39, 0.29) is 18.4 Å². The highest BCUT2D eigenvalue weighted by Gasteiger charge is 2.31. The molecule has 0 saturated carbocycles. The summed E-state index contributed by atoms with van der Waals surface area (Å²) in [6.07, 6.45) is 11.4. The first-order valence-electron chi connectivity index (χ1n) is 12.2. The zero-order valence-corrected chi connectivity index (χ0v) is 22.1. The minimum atomic E-state index is -0.794. The van der Waals surface area contributed by atoms with Gasteiger partial charge in [0.25, 0.3) is 5.91 Å². The molecule has 1 N–H and O–H groups in total. The van der Waals surface area contributed by atoms with Gasteiger partial charge in [-0.2, -0.15) is 0 Å². The van der Waals surface area contributed by atoms with Gasteiger partial charge in [0.1, 0.15) is 4.32 Å². The summed E-state index contributed by atoms with van der Waals surface area (Å²) in [5, 5.41) is 8.73. The Kier molecular flexibility index (Phi) is 12.5. The molecule has 1 amide bonds. The molecule has 188 valence electrons. The van der Waals surface area contributed by atoms with Crippen LogP contribution in [0, 0.1) is 0 Å². The van der Waals surface area contributed by atoms with Gasteiger partial charge in [0, 0.05) is 13.0 Å². The van der Waals surface area contributed by atoms with Crippen LogP contribution < -0.4 is 9.47 Å². The number of aliphatic carboxylic acids is 1. The molecule has 1 saturated heterocycles. The molecule has 0 aliphatic carbocycles. The number of methoxy groups -OCH3 is 1. The molecule has 0 spiro atoms. The van der Waals surface area contributed by atoms with Crippen molar-refractivity contribution in [3.05, 3.63) is 28.7 Å². The van der Waals surface area contributed by atoms with E-state index in [4.69, 9.17) is 26.8 Å². The molecule has 0 radical (unpaired) electrons. The second-order valence-electron chi connectivity index (χ2n) is 8.58. The zero-order chi connectivity index (χ0) is 24.9. The summed E-state index contributed by atoms with van der Waals surface area (Å²) in [5.74, 6) is 0.441. The first kappa shape index (κ1) is 28.2. The number of ether oxygens (including phenoxy) is 2. The van der Waals surface area contributed by atoms with Crippen LogP contribution in [0.2, 0.25) is 0 Å². The van der Waals surface area contributed by atoms with E-state index in [1.807, 2.05) is 24.3 Å². The van der Waals surface area contributed by atoms with E-state index in [2.05, 4.69) is 13.8 Å². The van der Waals surface area contributed by atoms with Crippen molar-refractivity contribution in [2.24, 2.45) is 0 Å². The summed E-state index contributed by atoms with van der Waals surface area (Å²) in [6, 6.07) is 5.69. The van der Waals surface area contributed by atoms with Crippen LogP contribution in [0.3, 0.4) is 0 Å². The molecule has 1 aromatic rings. The maximum absolute atomic E-state index is 12.8. The lowest BCUT2D eigenvalue weighted by atomic mass is 10.1. The van der Waals surface area contributed by atoms with Gasteiger partial charge in [0.2, 0.25) is 0 Å². The van der Waals surface area contributed by atoms with E-state index in [1.54, 1.807) is 12.0 Å². The first-order valence-corrected chi connectivity index (χ1v) is 13.4. The number of carboxylic acid groups (broad SMARTS) is 1. The van der Waals surface area contributed by atoms with Gasteiger partial charge in [-0.1, -0.05) is 69.1 Å². The number of carbonyl (C=O) groups excluding carboxylic acids is 1. The number of amides is 1. The van der Waals surface area contributed by atoms with Gasteiger partial charge in [-0.15, -0.1) is 0 Å². The Morgan fingerprint density at radius 3 is 2.59 bits per heavy atom. The maximum Gasteiger partial charge on any atom is 0.303 e. The van der Waals surface area contributed by atoms with Crippen LogP contribution in [0.15, 0.2) is 23.1 Å². The molecule has 1 aromatic carbocycles. The number of hydrogen-bond donors (Lipinski definition) is 1. The summed E-state index contributed by atoms with van der Waals surface area (Å²) < 4.78 is 12.2. The van der Waals surface area contributed by atoms with Crippen molar-refractivity contribution in [1.29, 1.82) is 0 Å². The highest BCUT2D eigenvalue weighted by atomic mass is 32.2. The van der Waals surface area contributed by atoms with Crippen molar-refractivity contribution in [3.63, 3.8) is 0 Å². The second kappa shape index (κ2) is 15.0. The molecule has 0 aromatic heterocycles. The molecule has 1 heterocycles. The van der Waals surface area contributed by atoms with Crippen LogP contribution in [0.5, 0.6) is 11.5 Å². The molecular weight excluding hydrogens is 470 g/mol. The van der Waals surface area contributed by atoms with Crippen LogP contribution in [0.1, 0.15) is 83.6 Å². The average Bonchev–Trinajstić information content (AvgIpc) is 3.06. The molecule has 1 aliphatic heterocycles. The Morgan fingerprint density at radius 1 is 1.15 bits per heavy atom. The predicted molar refractivity (Wildman–Crippen MR) is 142 cm³/mol. The zero-order valence-electron chi connectivity index (χ0n) is 20.5. The Bertz CT molecular complexity index is 871. The molecular formula is C26H37NO5S2. The molecule has 0 bridgehead atoms. The number of thiocarbonyl (C=S) groups is 1. The van der Waals surface area contributed by atoms with Gasteiger partial charge < -0.3 is 14.6 Å². The van der Waals surface area contributed by atoms with Crippen molar-refractivity contribution in [2.75, 3.05) is 13.7 Å². The Morgan fingerprint density at radius 2 is 1.88 bits per heavy atom. The molecule has 1 atom stereocenters. The molecule has 1 unspecified atom stereocenters. The topological polar surface area (TPSA) is 76.1 Å². The molecule has 1 aliphatic rings. The van der Waals surface area contributed by atoms with Gasteiger partial charge in [-0.05, 0) is 56.4 Å². The molecule has 1 fully saturated rings. The van der Waals surface area contributed by atoms with E-state index >= 15 is 0 Å². The quantitative estimate of drug-likeness (QED) is 0.152. The third-order valence-corrected chi connectivity index (χ3v) is 7.05. The number of carboxylic acids is 1. The smallest absolute Gasteiger partial charge is 0.303 e. The number of thioether (sulfide) groups is 1. The first-order chi connectivity index (χ1) is 16.3. The fourth-order valence-corrected chi connectivity index (χ4v) is 5.06. The van der Waals surface area contributed by atoms with Crippen molar-refractivity contribution in [2.45, 2.75) is 84.2 Å². The summed E-state index contributed by atoms with van der Waals surface area (Å²) in [4.78, 5) is 25.6. The van der Waals surface area contributed by atoms with Gasteiger partial charge in [0.15, 0.2) is 11.5 Å². The van der Waals surface area contributed by atoms with Crippen molar-refractivity contribution in [3.8, 4) is 11.5 Å². The van der Waals surface area contributed by atoms with Crippen molar-refractivity contribution >= 4 is 46.3 Å². The SMILES string of the molecule is CCCCCCCC(C)Oc1ccc(/C=C2/SC(=S)N(CCCCCC(=O)O)C2=O)cc1OC. The van der Waals surface area contributed by atoms with Crippen LogP contribution >= 0.6 is 24.0 Å². The lowest BCUT2D eigenvalue weighted by Gasteiger charge is -2.17. The van der Waals surface area contributed by atoms with Gasteiger partial charge in [-0.25, -0.2) is 0 Å². The monoisotopic (exact) mass is 507 g/mol. The van der Waals surface area contributed by atoms with E-state index in [0.717, 1.165) is 31.2 Å². The largest absolute Gasteiger partial charge is 0.493 e. The number of nitrogens with zero attached hydrogens (tertiary/aromatic N) is 1. The van der Waals surface area contributed by atoms with Crippen molar-refractivity contribution < 1.29 is 24.2 Å². The fraction of sp³-hybridized carbons (Fsp3) is 0.577. The summed E-state index contributed by atoms with van der Waals surface area (Å²) in [6.45, 7) is 4.81. The van der Waals surface area contributed by atoms with E-state index in [1.165, 1.54) is 37.4 Å². The lowest BCUT2D eigenvalue weighted by Crippen LogP contribution is -2.29. The molecule has 2 rings (SSSR count).